The van der Waals surface area contributed by atoms with Crippen molar-refractivity contribution in [1.29, 1.82) is 0 Å². The highest BCUT2D eigenvalue weighted by Crippen LogP contribution is 2.26. The summed E-state index contributed by atoms with van der Waals surface area (Å²) in [5, 5.41) is 3.82. The number of hydrogen-bond donors (Lipinski definition) is 2. The molecular formula is C11H14N2O2S. The van der Waals surface area contributed by atoms with Gasteiger partial charge in [0.2, 0.25) is 0 Å². The van der Waals surface area contributed by atoms with Gasteiger partial charge in [-0.05, 0) is 24.7 Å². The average Bonchev–Trinajstić information content (AvgIpc) is 2.61. The monoisotopic (exact) mass is 238 g/mol. The molecule has 0 amide bonds. The molecule has 0 saturated carbocycles. The Morgan fingerprint density at radius 2 is 2.12 bits per heavy atom. The molecule has 0 saturated heterocycles. The second-order valence-corrected chi connectivity index (χ2v) is 5.78. The Labute approximate surface area is 94.6 Å². The molecule has 0 aliphatic carbocycles. The lowest BCUT2D eigenvalue weighted by Gasteiger charge is -2.03. The molecule has 2 rings (SSSR count). The van der Waals surface area contributed by atoms with Crippen LogP contribution in [0.1, 0.15) is 5.56 Å². The van der Waals surface area contributed by atoms with Crippen LogP contribution < -0.4 is 5.32 Å². The molecule has 86 valence electrons. The standard InChI is InChI=1S/C11H14N2O2S/c1-12-6-8-7-13-9-4-3-5-10(11(8)9)16(2,14)15/h3-5,7,12-13H,6H2,1-2H3. The molecule has 4 nitrogen and oxygen atoms in total. The van der Waals surface area contributed by atoms with E-state index in [1.165, 1.54) is 6.26 Å². The van der Waals surface area contributed by atoms with Crippen LogP contribution in [-0.4, -0.2) is 26.7 Å². The molecule has 2 aromatic rings. The van der Waals surface area contributed by atoms with Crippen LogP contribution in [0, 0.1) is 0 Å². The summed E-state index contributed by atoms with van der Waals surface area (Å²) in [5.74, 6) is 0. The average molecular weight is 238 g/mol. The largest absolute Gasteiger partial charge is 0.361 e. The molecule has 0 aliphatic rings. The topological polar surface area (TPSA) is 62.0 Å². The third-order valence-electron chi connectivity index (χ3n) is 2.52. The van der Waals surface area contributed by atoms with Gasteiger partial charge in [-0.25, -0.2) is 8.42 Å². The van der Waals surface area contributed by atoms with E-state index < -0.39 is 9.84 Å². The minimum atomic E-state index is -3.19. The minimum absolute atomic E-state index is 0.386. The maximum Gasteiger partial charge on any atom is 0.176 e. The first-order valence-electron chi connectivity index (χ1n) is 4.97. The number of nitrogens with one attached hydrogen (secondary N) is 2. The molecule has 0 aliphatic heterocycles. The van der Waals surface area contributed by atoms with Crippen molar-refractivity contribution in [2.45, 2.75) is 11.4 Å². The van der Waals surface area contributed by atoms with Gasteiger partial charge in [-0.15, -0.1) is 0 Å². The quantitative estimate of drug-likeness (QED) is 0.847. The van der Waals surface area contributed by atoms with Crippen LogP contribution in [0.4, 0.5) is 0 Å². The van der Waals surface area contributed by atoms with Gasteiger partial charge in [-0.1, -0.05) is 6.07 Å². The van der Waals surface area contributed by atoms with E-state index in [0.29, 0.717) is 11.4 Å². The lowest BCUT2D eigenvalue weighted by atomic mass is 10.2. The first kappa shape index (κ1) is 11.2. The summed E-state index contributed by atoms with van der Waals surface area (Å²) in [6, 6.07) is 5.27. The molecule has 1 aromatic carbocycles. The summed E-state index contributed by atoms with van der Waals surface area (Å²) in [6.45, 7) is 0.645. The van der Waals surface area contributed by atoms with Crippen molar-refractivity contribution in [3.8, 4) is 0 Å². The van der Waals surface area contributed by atoms with E-state index >= 15 is 0 Å². The molecule has 2 N–H and O–H groups in total. The van der Waals surface area contributed by atoms with Crippen LogP contribution in [0.5, 0.6) is 0 Å². The third-order valence-corrected chi connectivity index (χ3v) is 3.66. The number of H-pyrrole nitrogens is 1. The van der Waals surface area contributed by atoms with Gasteiger partial charge in [0.15, 0.2) is 9.84 Å². The van der Waals surface area contributed by atoms with Gasteiger partial charge < -0.3 is 10.3 Å². The van der Waals surface area contributed by atoms with Crippen LogP contribution >= 0.6 is 0 Å². The van der Waals surface area contributed by atoms with Gasteiger partial charge in [-0.3, -0.25) is 0 Å². The maximum absolute atomic E-state index is 11.7. The summed E-state index contributed by atoms with van der Waals surface area (Å²) in [7, 11) is -1.35. The predicted octanol–water partition coefficient (Wildman–Crippen LogP) is 1.29. The fraction of sp³-hybridized carbons (Fsp3) is 0.273. The van der Waals surface area contributed by atoms with Gasteiger partial charge in [0, 0.05) is 29.9 Å². The number of hydrogen-bond acceptors (Lipinski definition) is 3. The number of sulfone groups is 1. The molecule has 0 radical (unpaired) electrons. The van der Waals surface area contributed by atoms with E-state index in [9.17, 15) is 8.42 Å². The number of aromatic nitrogens is 1. The molecule has 0 bridgehead atoms. The molecule has 0 unspecified atom stereocenters. The van der Waals surface area contributed by atoms with Crippen molar-refractivity contribution in [2.24, 2.45) is 0 Å². The third kappa shape index (κ3) is 1.83. The lowest BCUT2D eigenvalue weighted by molar-refractivity contribution is 0.602. The van der Waals surface area contributed by atoms with E-state index in [-0.39, 0.29) is 0 Å². The van der Waals surface area contributed by atoms with E-state index in [4.69, 9.17) is 0 Å². The molecule has 0 spiro atoms. The van der Waals surface area contributed by atoms with Gasteiger partial charge in [0.1, 0.15) is 0 Å². The SMILES string of the molecule is CNCc1c[nH]c2cccc(S(C)(=O)=O)c12. The van der Waals surface area contributed by atoms with Gasteiger partial charge >= 0.3 is 0 Å². The Morgan fingerprint density at radius 1 is 1.38 bits per heavy atom. The number of benzene rings is 1. The zero-order valence-corrected chi connectivity index (χ0v) is 10.1. The normalized spacial score (nSPS) is 12.1. The Balaban J connectivity index is 2.78. The first-order chi connectivity index (χ1) is 7.54. The lowest BCUT2D eigenvalue weighted by Crippen LogP contribution is -2.05. The number of fused-ring (bicyclic) bond motifs is 1. The van der Waals surface area contributed by atoms with Crippen LogP contribution in [0.15, 0.2) is 29.3 Å². The van der Waals surface area contributed by atoms with Gasteiger partial charge in [0.05, 0.1) is 4.90 Å². The molecule has 1 heterocycles. The fourth-order valence-electron chi connectivity index (χ4n) is 1.86. The first-order valence-corrected chi connectivity index (χ1v) is 6.87. The van der Waals surface area contributed by atoms with Crippen molar-refractivity contribution < 1.29 is 8.42 Å². The highest BCUT2D eigenvalue weighted by Gasteiger charge is 2.15. The van der Waals surface area contributed by atoms with Crippen molar-refractivity contribution in [1.82, 2.24) is 10.3 Å². The molecule has 16 heavy (non-hydrogen) atoms. The maximum atomic E-state index is 11.7. The summed E-state index contributed by atoms with van der Waals surface area (Å²) >= 11 is 0. The van der Waals surface area contributed by atoms with Crippen LogP contribution in [0.25, 0.3) is 10.9 Å². The Hall–Kier alpha value is -1.33. The van der Waals surface area contributed by atoms with E-state index in [0.717, 1.165) is 16.5 Å². The van der Waals surface area contributed by atoms with Crippen molar-refractivity contribution >= 4 is 20.7 Å². The molecule has 5 heteroatoms. The summed E-state index contributed by atoms with van der Waals surface area (Å²) in [6.07, 6.45) is 3.08. The highest BCUT2D eigenvalue weighted by atomic mass is 32.2. The van der Waals surface area contributed by atoms with Crippen LogP contribution in [0.3, 0.4) is 0 Å². The van der Waals surface area contributed by atoms with Crippen LogP contribution in [-0.2, 0) is 16.4 Å². The number of rotatable bonds is 3. The van der Waals surface area contributed by atoms with Crippen LogP contribution in [0.2, 0.25) is 0 Å². The summed E-state index contributed by atoms with van der Waals surface area (Å²) < 4.78 is 23.3. The zero-order valence-electron chi connectivity index (χ0n) is 9.24. The smallest absolute Gasteiger partial charge is 0.176 e. The van der Waals surface area contributed by atoms with Gasteiger partial charge in [0.25, 0.3) is 0 Å². The Kier molecular flexibility index (Phi) is 2.73. The van der Waals surface area contributed by atoms with Gasteiger partial charge in [-0.2, -0.15) is 0 Å². The Morgan fingerprint density at radius 3 is 2.75 bits per heavy atom. The van der Waals surface area contributed by atoms with E-state index in [1.54, 1.807) is 12.1 Å². The Bertz CT molecular complexity index is 614. The number of aromatic amines is 1. The minimum Gasteiger partial charge on any atom is -0.361 e. The predicted molar refractivity (Wildman–Crippen MR) is 64.2 cm³/mol. The second kappa shape index (κ2) is 3.92. The second-order valence-electron chi connectivity index (χ2n) is 3.80. The molecule has 0 atom stereocenters. The van der Waals surface area contributed by atoms with Crippen molar-refractivity contribution in [3.63, 3.8) is 0 Å². The molecule has 1 aromatic heterocycles. The van der Waals surface area contributed by atoms with E-state index in [2.05, 4.69) is 10.3 Å². The zero-order chi connectivity index (χ0) is 11.8. The summed E-state index contributed by atoms with van der Waals surface area (Å²) in [5.41, 5.74) is 1.83. The molecule has 0 fully saturated rings. The van der Waals surface area contributed by atoms with E-state index in [1.807, 2.05) is 19.3 Å². The fourth-order valence-corrected chi connectivity index (χ4v) is 2.80. The molecular weight excluding hydrogens is 224 g/mol. The van der Waals surface area contributed by atoms with Crippen molar-refractivity contribution in [3.05, 3.63) is 30.0 Å². The highest BCUT2D eigenvalue weighted by molar-refractivity contribution is 7.91. The van der Waals surface area contributed by atoms with Crippen molar-refractivity contribution in [2.75, 3.05) is 13.3 Å². The summed E-state index contributed by atoms with van der Waals surface area (Å²) in [4.78, 5) is 3.47.